The fourth-order valence-electron chi connectivity index (χ4n) is 3.48. The summed E-state index contributed by atoms with van der Waals surface area (Å²) >= 11 is 0. The van der Waals surface area contributed by atoms with Gasteiger partial charge in [0.1, 0.15) is 13.2 Å². The summed E-state index contributed by atoms with van der Waals surface area (Å²) in [5, 5.41) is 8.21. The van der Waals surface area contributed by atoms with Crippen molar-refractivity contribution in [2.45, 2.75) is 19.4 Å². The van der Waals surface area contributed by atoms with E-state index in [1.165, 1.54) is 6.92 Å². The third-order valence-electron chi connectivity index (χ3n) is 4.74. The van der Waals surface area contributed by atoms with Gasteiger partial charge in [0, 0.05) is 43.0 Å². The zero-order valence-corrected chi connectivity index (χ0v) is 16.4. The molecule has 2 aromatic carbocycles. The van der Waals surface area contributed by atoms with Crippen LogP contribution in [0.25, 0.3) is 0 Å². The number of fused-ring (bicyclic) bond motifs is 1. The number of nitrogens with zero attached hydrogens (tertiary/aromatic N) is 1. The van der Waals surface area contributed by atoms with E-state index in [9.17, 15) is 14.4 Å². The van der Waals surface area contributed by atoms with Crippen molar-refractivity contribution in [3.8, 4) is 11.5 Å². The Morgan fingerprint density at radius 3 is 2.50 bits per heavy atom. The summed E-state index contributed by atoms with van der Waals surface area (Å²) in [5.41, 5.74) is 1.82. The Morgan fingerprint density at radius 2 is 1.73 bits per heavy atom. The van der Waals surface area contributed by atoms with Crippen LogP contribution in [0.15, 0.2) is 42.5 Å². The van der Waals surface area contributed by atoms with E-state index in [0.29, 0.717) is 48.3 Å². The summed E-state index contributed by atoms with van der Waals surface area (Å²) in [6.45, 7) is 2.75. The highest BCUT2D eigenvalue weighted by molar-refractivity contribution is 5.98. The van der Waals surface area contributed by atoms with Crippen LogP contribution in [-0.2, 0) is 9.59 Å². The zero-order valence-electron chi connectivity index (χ0n) is 16.4. The van der Waals surface area contributed by atoms with Gasteiger partial charge in [0.05, 0.1) is 6.04 Å². The number of rotatable bonds is 4. The maximum Gasteiger partial charge on any atom is 0.319 e. The molecule has 0 aromatic heterocycles. The molecule has 30 heavy (non-hydrogen) atoms. The van der Waals surface area contributed by atoms with Gasteiger partial charge < -0.3 is 30.3 Å². The minimum Gasteiger partial charge on any atom is -0.486 e. The molecule has 0 saturated carbocycles. The lowest BCUT2D eigenvalue weighted by Gasteiger charge is -2.22. The lowest BCUT2D eigenvalue weighted by Crippen LogP contribution is -2.39. The molecule has 9 heteroatoms. The lowest BCUT2D eigenvalue weighted by atomic mass is 10.2. The Morgan fingerprint density at radius 1 is 1.00 bits per heavy atom. The normalized spacial score (nSPS) is 17.4. The standard InChI is InChI=1S/C21H22N4O5/c1-13(26)22-14-3-2-4-15(9-14)23-21(28)24-16-10-20(27)25(12-16)17-5-6-18-19(11-17)30-8-7-29-18/h2-6,9,11,16H,7-8,10,12H2,1H3,(H,22,26)(H2,23,24,28)/t16-/m0/s1. The fourth-order valence-corrected chi connectivity index (χ4v) is 3.48. The summed E-state index contributed by atoms with van der Waals surface area (Å²) in [6, 6.07) is 11.4. The zero-order chi connectivity index (χ0) is 21.1. The maximum atomic E-state index is 12.5. The van der Waals surface area contributed by atoms with Crippen LogP contribution in [0.2, 0.25) is 0 Å². The highest BCUT2D eigenvalue weighted by Gasteiger charge is 2.32. The van der Waals surface area contributed by atoms with Gasteiger partial charge in [-0.25, -0.2) is 4.79 Å². The first-order chi connectivity index (χ1) is 14.5. The smallest absolute Gasteiger partial charge is 0.319 e. The SMILES string of the molecule is CC(=O)Nc1cccc(NC(=O)N[C@H]2CC(=O)N(c3ccc4c(c3)OCCO4)C2)c1. The quantitative estimate of drug-likeness (QED) is 0.717. The number of carbonyl (C=O) groups is 3. The third kappa shape index (κ3) is 4.45. The van der Waals surface area contributed by atoms with Crippen molar-refractivity contribution < 1.29 is 23.9 Å². The Bertz CT molecular complexity index is 993. The van der Waals surface area contributed by atoms with Crippen molar-refractivity contribution in [2.24, 2.45) is 0 Å². The van der Waals surface area contributed by atoms with Crippen LogP contribution in [0, 0.1) is 0 Å². The van der Waals surface area contributed by atoms with Gasteiger partial charge in [-0.2, -0.15) is 0 Å². The van der Waals surface area contributed by atoms with Crippen molar-refractivity contribution in [3.63, 3.8) is 0 Å². The number of carbonyl (C=O) groups excluding carboxylic acids is 3. The number of hydrogen-bond acceptors (Lipinski definition) is 5. The van der Waals surface area contributed by atoms with Crippen LogP contribution in [0.4, 0.5) is 21.9 Å². The average Bonchev–Trinajstić information content (AvgIpc) is 3.07. The molecule has 3 N–H and O–H groups in total. The summed E-state index contributed by atoms with van der Waals surface area (Å²) in [4.78, 5) is 37.6. The third-order valence-corrected chi connectivity index (χ3v) is 4.74. The molecule has 4 rings (SSSR count). The van der Waals surface area contributed by atoms with Gasteiger partial charge in [0.2, 0.25) is 11.8 Å². The highest BCUT2D eigenvalue weighted by atomic mass is 16.6. The first-order valence-corrected chi connectivity index (χ1v) is 9.63. The number of hydrogen-bond donors (Lipinski definition) is 3. The second-order valence-electron chi connectivity index (χ2n) is 7.09. The van der Waals surface area contributed by atoms with Crippen LogP contribution in [0.5, 0.6) is 11.5 Å². The molecular formula is C21H22N4O5. The van der Waals surface area contributed by atoms with Gasteiger partial charge in [0.15, 0.2) is 11.5 Å². The summed E-state index contributed by atoms with van der Waals surface area (Å²) in [6.07, 6.45) is 0.202. The van der Waals surface area contributed by atoms with Crippen LogP contribution >= 0.6 is 0 Å². The first-order valence-electron chi connectivity index (χ1n) is 9.63. The molecule has 0 spiro atoms. The van der Waals surface area contributed by atoms with Crippen LogP contribution in [0.1, 0.15) is 13.3 Å². The molecule has 0 radical (unpaired) electrons. The number of benzene rings is 2. The van der Waals surface area contributed by atoms with Gasteiger partial charge in [-0.15, -0.1) is 0 Å². The molecule has 156 valence electrons. The summed E-state index contributed by atoms with van der Waals surface area (Å²) in [5.74, 6) is 0.997. The van der Waals surface area contributed by atoms with Crippen molar-refractivity contribution >= 4 is 34.9 Å². The Balaban J connectivity index is 1.36. The molecule has 1 atom stereocenters. The molecule has 2 heterocycles. The predicted octanol–water partition coefficient (Wildman–Crippen LogP) is 2.34. The van der Waals surface area contributed by atoms with E-state index in [4.69, 9.17) is 9.47 Å². The molecule has 1 saturated heterocycles. The predicted molar refractivity (Wildman–Crippen MR) is 111 cm³/mol. The van der Waals surface area contributed by atoms with E-state index < -0.39 is 6.03 Å². The molecule has 1 fully saturated rings. The van der Waals surface area contributed by atoms with Gasteiger partial charge in [-0.1, -0.05) is 6.07 Å². The number of anilines is 3. The van der Waals surface area contributed by atoms with E-state index in [1.807, 2.05) is 0 Å². The minimum atomic E-state index is -0.420. The van der Waals surface area contributed by atoms with Crippen LogP contribution < -0.4 is 30.3 Å². The van der Waals surface area contributed by atoms with Crippen molar-refractivity contribution in [1.82, 2.24) is 5.32 Å². The molecule has 2 aliphatic heterocycles. The number of ether oxygens (including phenoxy) is 2. The second-order valence-corrected chi connectivity index (χ2v) is 7.09. The van der Waals surface area contributed by atoms with E-state index in [-0.39, 0.29) is 24.3 Å². The maximum absolute atomic E-state index is 12.5. The van der Waals surface area contributed by atoms with Crippen LogP contribution in [0.3, 0.4) is 0 Å². The monoisotopic (exact) mass is 410 g/mol. The Labute approximate surface area is 173 Å². The van der Waals surface area contributed by atoms with Gasteiger partial charge >= 0.3 is 6.03 Å². The first kappa shape index (κ1) is 19.6. The van der Waals surface area contributed by atoms with Crippen molar-refractivity contribution in [2.75, 3.05) is 35.3 Å². The molecule has 2 aliphatic rings. The van der Waals surface area contributed by atoms with E-state index in [2.05, 4.69) is 16.0 Å². The minimum absolute atomic E-state index is 0.0790. The molecule has 2 aromatic rings. The molecule has 0 bridgehead atoms. The molecule has 0 aliphatic carbocycles. The van der Waals surface area contributed by atoms with Crippen LogP contribution in [-0.4, -0.2) is 43.6 Å². The number of amides is 4. The van der Waals surface area contributed by atoms with Crippen molar-refractivity contribution in [1.29, 1.82) is 0 Å². The highest BCUT2D eigenvalue weighted by Crippen LogP contribution is 2.35. The summed E-state index contributed by atoms with van der Waals surface area (Å²) in [7, 11) is 0. The van der Waals surface area contributed by atoms with Gasteiger partial charge in [-0.05, 0) is 30.3 Å². The summed E-state index contributed by atoms with van der Waals surface area (Å²) < 4.78 is 11.1. The Hall–Kier alpha value is -3.75. The lowest BCUT2D eigenvalue weighted by molar-refractivity contribution is -0.117. The topological polar surface area (TPSA) is 109 Å². The average molecular weight is 410 g/mol. The molecular weight excluding hydrogens is 388 g/mol. The van der Waals surface area contributed by atoms with Crippen molar-refractivity contribution in [3.05, 3.63) is 42.5 Å². The van der Waals surface area contributed by atoms with E-state index in [1.54, 1.807) is 47.4 Å². The van der Waals surface area contributed by atoms with Gasteiger partial charge in [-0.3, -0.25) is 9.59 Å². The number of nitrogens with one attached hydrogen (secondary N) is 3. The Kier molecular flexibility index (Phi) is 5.42. The molecule has 4 amide bonds. The largest absolute Gasteiger partial charge is 0.486 e. The fraction of sp³-hybridized carbons (Fsp3) is 0.286. The van der Waals surface area contributed by atoms with Gasteiger partial charge in [0.25, 0.3) is 0 Å². The number of urea groups is 1. The second kappa shape index (κ2) is 8.32. The van der Waals surface area contributed by atoms with E-state index >= 15 is 0 Å². The van der Waals surface area contributed by atoms with E-state index in [0.717, 1.165) is 0 Å². The molecule has 0 unspecified atom stereocenters. The molecule has 9 nitrogen and oxygen atoms in total.